The van der Waals surface area contributed by atoms with Crippen molar-refractivity contribution in [3.8, 4) is 11.5 Å². The van der Waals surface area contributed by atoms with E-state index < -0.39 is 24.1 Å². The first kappa shape index (κ1) is 22.2. The number of aromatic amines is 1. The Hall–Kier alpha value is -4.01. The fourth-order valence-corrected chi connectivity index (χ4v) is 4.15. The SMILES string of the molecule is COc1ccc(OC)c(C2c3nc[nH]c3CCN2C(=O)N[C@@H](Cc2ccccc2)C(=O)O)c1. The van der Waals surface area contributed by atoms with Gasteiger partial charge in [-0.05, 0) is 23.8 Å². The maximum atomic E-state index is 13.4. The fraction of sp³-hybridized carbons (Fsp3) is 0.292. The van der Waals surface area contributed by atoms with Gasteiger partial charge >= 0.3 is 12.0 Å². The molecule has 0 bridgehead atoms. The number of carbonyl (C=O) groups is 2. The number of benzene rings is 2. The van der Waals surface area contributed by atoms with E-state index in [4.69, 9.17) is 9.47 Å². The number of fused-ring (bicyclic) bond motifs is 1. The molecule has 33 heavy (non-hydrogen) atoms. The molecule has 9 nitrogen and oxygen atoms in total. The number of carboxylic acid groups (broad SMARTS) is 1. The monoisotopic (exact) mass is 450 g/mol. The third-order valence-electron chi connectivity index (χ3n) is 5.80. The Balaban J connectivity index is 1.67. The molecule has 1 unspecified atom stereocenters. The summed E-state index contributed by atoms with van der Waals surface area (Å²) in [4.78, 5) is 34.5. The number of aromatic nitrogens is 2. The number of methoxy groups -OCH3 is 2. The number of aliphatic carboxylic acids is 1. The number of H-pyrrole nitrogens is 1. The number of carboxylic acids is 1. The quantitative estimate of drug-likeness (QED) is 0.510. The Morgan fingerprint density at radius 1 is 1.21 bits per heavy atom. The number of carbonyl (C=O) groups excluding carboxylic acids is 1. The van der Waals surface area contributed by atoms with Crippen molar-refractivity contribution in [2.24, 2.45) is 0 Å². The number of nitrogens with one attached hydrogen (secondary N) is 2. The molecule has 0 fully saturated rings. The number of amides is 2. The van der Waals surface area contributed by atoms with E-state index in [0.717, 1.165) is 11.3 Å². The summed E-state index contributed by atoms with van der Waals surface area (Å²) in [7, 11) is 3.13. The van der Waals surface area contributed by atoms with Crippen LogP contribution >= 0.6 is 0 Å². The molecule has 172 valence electrons. The van der Waals surface area contributed by atoms with Crippen LogP contribution in [0.3, 0.4) is 0 Å². The normalized spacial score (nSPS) is 15.9. The van der Waals surface area contributed by atoms with E-state index in [1.165, 1.54) is 0 Å². The molecule has 4 rings (SSSR count). The van der Waals surface area contributed by atoms with Gasteiger partial charge in [-0.2, -0.15) is 0 Å². The van der Waals surface area contributed by atoms with Gasteiger partial charge in [-0.25, -0.2) is 14.6 Å². The zero-order valence-electron chi connectivity index (χ0n) is 18.4. The van der Waals surface area contributed by atoms with E-state index >= 15 is 0 Å². The maximum absolute atomic E-state index is 13.4. The summed E-state index contributed by atoms with van der Waals surface area (Å²) in [6.07, 6.45) is 2.35. The third-order valence-corrected chi connectivity index (χ3v) is 5.80. The van der Waals surface area contributed by atoms with Crippen LogP contribution in [0.2, 0.25) is 0 Å². The van der Waals surface area contributed by atoms with Crippen LogP contribution in [0.1, 0.15) is 28.6 Å². The number of imidazole rings is 1. The van der Waals surface area contributed by atoms with Crippen molar-refractivity contribution >= 4 is 12.0 Å². The molecule has 1 aliphatic heterocycles. The van der Waals surface area contributed by atoms with E-state index in [9.17, 15) is 14.7 Å². The number of rotatable bonds is 7. The molecule has 1 aliphatic rings. The number of nitrogens with zero attached hydrogens (tertiary/aromatic N) is 2. The Kier molecular flexibility index (Phi) is 6.48. The summed E-state index contributed by atoms with van der Waals surface area (Å²) in [5.41, 5.74) is 3.14. The molecule has 0 saturated heterocycles. The Morgan fingerprint density at radius 3 is 2.70 bits per heavy atom. The van der Waals surface area contributed by atoms with Gasteiger partial charge in [-0.1, -0.05) is 30.3 Å². The minimum atomic E-state index is -1.10. The van der Waals surface area contributed by atoms with Gasteiger partial charge < -0.3 is 29.8 Å². The fourth-order valence-electron chi connectivity index (χ4n) is 4.15. The van der Waals surface area contributed by atoms with Crippen molar-refractivity contribution in [2.75, 3.05) is 20.8 Å². The lowest BCUT2D eigenvalue weighted by Crippen LogP contribution is -2.51. The average molecular weight is 450 g/mol. The van der Waals surface area contributed by atoms with Gasteiger partial charge in [0.05, 0.1) is 26.2 Å². The first-order chi connectivity index (χ1) is 16.0. The number of hydrogen-bond acceptors (Lipinski definition) is 5. The zero-order valence-corrected chi connectivity index (χ0v) is 18.4. The lowest BCUT2D eigenvalue weighted by Gasteiger charge is -2.36. The minimum absolute atomic E-state index is 0.177. The van der Waals surface area contributed by atoms with Crippen molar-refractivity contribution in [2.45, 2.75) is 24.9 Å². The predicted molar refractivity (Wildman–Crippen MR) is 120 cm³/mol. The van der Waals surface area contributed by atoms with E-state index in [-0.39, 0.29) is 6.42 Å². The van der Waals surface area contributed by atoms with Crippen LogP contribution in [-0.2, 0) is 17.6 Å². The van der Waals surface area contributed by atoms with Crippen LogP contribution in [0.4, 0.5) is 4.79 Å². The molecule has 1 aromatic heterocycles. The molecule has 2 amide bonds. The van der Waals surface area contributed by atoms with Crippen LogP contribution in [0.15, 0.2) is 54.9 Å². The van der Waals surface area contributed by atoms with Gasteiger partial charge in [0.2, 0.25) is 0 Å². The summed E-state index contributed by atoms with van der Waals surface area (Å²) in [5.74, 6) is 0.0926. The Labute approximate surface area is 191 Å². The molecule has 0 aliphatic carbocycles. The van der Waals surface area contributed by atoms with Crippen LogP contribution in [0, 0.1) is 0 Å². The van der Waals surface area contributed by atoms with Crippen LogP contribution in [0.25, 0.3) is 0 Å². The summed E-state index contributed by atoms with van der Waals surface area (Å²) in [6, 6.07) is 12.4. The van der Waals surface area contributed by atoms with Gasteiger partial charge in [0, 0.05) is 30.6 Å². The third kappa shape index (κ3) is 4.62. The van der Waals surface area contributed by atoms with Gasteiger partial charge in [0.25, 0.3) is 0 Å². The standard InChI is InChI=1S/C24H26N4O5/c1-32-16-8-9-20(33-2)17(13-16)22-21-18(25-14-26-21)10-11-28(22)24(31)27-19(23(29)30)12-15-6-4-3-5-7-15/h3-9,13-14,19,22H,10-12H2,1-2H3,(H,25,26)(H,27,31)(H,29,30)/t19-,22?/m0/s1. The molecule has 3 N–H and O–H groups in total. The first-order valence-corrected chi connectivity index (χ1v) is 10.6. The lowest BCUT2D eigenvalue weighted by atomic mass is 9.94. The Morgan fingerprint density at radius 2 is 2.00 bits per heavy atom. The maximum Gasteiger partial charge on any atom is 0.326 e. The van der Waals surface area contributed by atoms with E-state index in [1.54, 1.807) is 37.6 Å². The van der Waals surface area contributed by atoms with Gasteiger partial charge in [-0.3, -0.25) is 0 Å². The van der Waals surface area contributed by atoms with Gasteiger partial charge in [0.15, 0.2) is 0 Å². The lowest BCUT2D eigenvalue weighted by molar-refractivity contribution is -0.139. The largest absolute Gasteiger partial charge is 0.497 e. The van der Waals surface area contributed by atoms with Gasteiger partial charge in [-0.15, -0.1) is 0 Å². The second-order valence-corrected chi connectivity index (χ2v) is 7.75. The van der Waals surface area contributed by atoms with Crippen molar-refractivity contribution < 1.29 is 24.2 Å². The molecule has 0 radical (unpaired) electrons. The van der Waals surface area contributed by atoms with Crippen LogP contribution < -0.4 is 14.8 Å². The molecule has 2 atom stereocenters. The molecule has 3 aromatic rings. The van der Waals surface area contributed by atoms with E-state index in [1.807, 2.05) is 36.4 Å². The molecule has 0 spiro atoms. The molecule has 2 aromatic carbocycles. The molecule has 2 heterocycles. The molecular formula is C24H26N4O5. The molecular weight excluding hydrogens is 424 g/mol. The molecule has 9 heteroatoms. The van der Waals surface area contributed by atoms with Crippen molar-refractivity contribution in [1.29, 1.82) is 0 Å². The summed E-state index contributed by atoms with van der Waals surface area (Å²) >= 11 is 0. The predicted octanol–water partition coefficient (Wildman–Crippen LogP) is 2.78. The second-order valence-electron chi connectivity index (χ2n) is 7.75. The Bertz CT molecular complexity index is 1130. The van der Waals surface area contributed by atoms with Crippen molar-refractivity contribution in [3.63, 3.8) is 0 Å². The smallest absolute Gasteiger partial charge is 0.326 e. The topological polar surface area (TPSA) is 117 Å². The highest BCUT2D eigenvalue weighted by atomic mass is 16.5. The first-order valence-electron chi connectivity index (χ1n) is 10.6. The number of urea groups is 1. The highest BCUT2D eigenvalue weighted by Gasteiger charge is 2.37. The highest BCUT2D eigenvalue weighted by molar-refractivity contribution is 5.83. The minimum Gasteiger partial charge on any atom is -0.497 e. The number of hydrogen-bond donors (Lipinski definition) is 3. The average Bonchev–Trinajstić information content (AvgIpc) is 3.32. The van der Waals surface area contributed by atoms with E-state index in [2.05, 4.69) is 15.3 Å². The van der Waals surface area contributed by atoms with Crippen LogP contribution in [0.5, 0.6) is 11.5 Å². The van der Waals surface area contributed by atoms with Crippen molar-refractivity contribution in [3.05, 3.63) is 77.4 Å². The summed E-state index contributed by atoms with van der Waals surface area (Å²) in [5, 5.41) is 12.5. The number of ether oxygens (including phenoxy) is 2. The summed E-state index contributed by atoms with van der Waals surface area (Å²) < 4.78 is 11.0. The van der Waals surface area contributed by atoms with Crippen LogP contribution in [-0.4, -0.2) is 58.8 Å². The van der Waals surface area contributed by atoms with E-state index in [0.29, 0.717) is 35.7 Å². The highest BCUT2D eigenvalue weighted by Crippen LogP contribution is 2.39. The molecule has 0 saturated carbocycles. The zero-order chi connectivity index (χ0) is 23.4. The summed E-state index contributed by atoms with van der Waals surface area (Å²) in [6.45, 7) is 0.379. The van der Waals surface area contributed by atoms with Gasteiger partial charge in [0.1, 0.15) is 23.6 Å². The second kappa shape index (κ2) is 9.64. The van der Waals surface area contributed by atoms with Crippen molar-refractivity contribution in [1.82, 2.24) is 20.2 Å².